The summed E-state index contributed by atoms with van der Waals surface area (Å²) in [5.74, 6) is -2.23. The van der Waals surface area contributed by atoms with E-state index in [1.54, 1.807) is 0 Å². The van der Waals surface area contributed by atoms with Crippen LogP contribution in [0.1, 0.15) is 226 Å². The van der Waals surface area contributed by atoms with Gasteiger partial charge in [0.2, 0.25) is 0 Å². The molecule has 0 radical (unpaired) electrons. The molecule has 3 N–H and O–H groups in total. The number of carbonyl (C=O) groups is 4. The number of phosphoric acid groups is 2. The Balaban J connectivity index is 5.13. The Hall–Kier alpha value is -1.94. The SMILES string of the molecule is [CH2-]CCCCCCCC(=O)OC[C@H](COP(=O)(O)OC[C@@H](O)COP(=O)(O)OC[C@@H](COC(=O)CCCCCCCCCC)OC(=O)CCCCCCCCCCCCC)OC(=O)CCCCC[CH2-]. The number of esters is 4. The lowest BCUT2D eigenvalue weighted by Gasteiger charge is -2.21. The Labute approximate surface area is 416 Å². The van der Waals surface area contributed by atoms with E-state index in [0.717, 1.165) is 103 Å². The first-order valence-corrected chi connectivity index (χ1v) is 29.4. The van der Waals surface area contributed by atoms with E-state index in [1.165, 1.54) is 57.8 Å². The monoisotopic (exact) mass is 1030 g/mol. The van der Waals surface area contributed by atoms with Gasteiger partial charge in [-0.2, -0.15) is 12.8 Å². The van der Waals surface area contributed by atoms with Crippen LogP contribution >= 0.6 is 15.6 Å². The molecule has 5 atom stereocenters. The molecule has 69 heavy (non-hydrogen) atoms. The third-order valence-corrected chi connectivity index (χ3v) is 13.0. The average Bonchev–Trinajstić information content (AvgIpc) is 3.32. The van der Waals surface area contributed by atoms with Crippen molar-refractivity contribution >= 4 is 39.5 Å². The fraction of sp³-hybridized carbons (Fsp3) is 0.880. The summed E-state index contributed by atoms with van der Waals surface area (Å²) in [6.07, 6.45) is 24.9. The Morgan fingerprint density at radius 2 is 0.652 bits per heavy atom. The maximum absolute atomic E-state index is 12.8. The Morgan fingerprint density at radius 1 is 0.391 bits per heavy atom. The summed E-state index contributed by atoms with van der Waals surface area (Å²) in [5, 5.41) is 10.4. The molecule has 0 spiro atoms. The summed E-state index contributed by atoms with van der Waals surface area (Å²) < 4.78 is 66.8. The normalized spacial score (nSPS) is 14.6. The molecule has 0 bridgehead atoms. The zero-order chi connectivity index (χ0) is 51.3. The largest absolute Gasteiger partial charge is 0.472 e. The molecule has 408 valence electrons. The second-order valence-electron chi connectivity index (χ2n) is 17.9. The van der Waals surface area contributed by atoms with Gasteiger partial charge in [0.05, 0.1) is 26.4 Å². The van der Waals surface area contributed by atoms with Crippen molar-refractivity contribution < 1.29 is 80.2 Å². The molecule has 0 amide bonds. The number of aliphatic hydroxyl groups is 1. The van der Waals surface area contributed by atoms with E-state index < -0.39 is 97.5 Å². The molecule has 0 saturated heterocycles. The Bertz CT molecular complexity index is 1370. The van der Waals surface area contributed by atoms with Crippen LogP contribution in [-0.4, -0.2) is 96.7 Å². The maximum atomic E-state index is 12.8. The van der Waals surface area contributed by atoms with Gasteiger partial charge in [-0.15, -0.1) is 0 Å². The molecule has 0 aliphatic heterocycles. The number of unbranched alkanes of at least 4 members (excludes halogenated alkanes) is 25. The summed E-state index contributed by atoms with van der Waals surface area (Å²) in [6.45, 7) is 7.93. The summed E-state index contributed by atoms with van der Waals surface area (Å²) in [5.41, 5.74) is 0. The third-order valence-electron chi connectivity index (χ3n) is 11.1. The molecule has 0 aliphatic rings. The van der Waals surface area contributed by atoms with E-state index in [-0.39, 0.29) is 25.7 Å². The Morgan fingerprint density at radius 3 is 0.971 bits per heavy atom. The van der Waals surface area contributed by atoms with Crippen molar-refractivity contribution in [3.63, 3.8) is 0 Å². The zero-order valence-corrected chi connectivity index (χ0v) is 44.5. The topological polar surface area (TPSA) is 237 Å². The van der Waals surface area contributed by atoms with Crippen LogP contribution in [0.4, 0.5) is 0 Å². The zero-order valence-electron chi connectivity index (χ0n) is 42.7. The lowest BCUT2D eigenvalue weighted by Crippen LogP contribution is -2.30. The first kappa shape index (κ1) is 67.1. The quantitative estimate of drug-likeness (QED) is 0.0169. The first-order valence-electron chi connectivity index (χ1n) is 26.4. The van der Waals surface area contributed by atoms with Crippen molar-refractivity contribution in [2.75, 3.05) is 39.6 Å². The lowest BCUT2D eigenvalue weighted by molar-refractivity contribution is -0.161. The van der Waals surface area contributed by atoms with Crippen molar-refractivity contribution in [3.8, 4) is 0 Å². The highest BCUT2D eigenvalue weighted by Gasteiger charge is 2.30. The third kappa shape index (κ3) is 45.7. The van der Waals surface area contributed by atoms with Crippen molar-refractivity contribution in [1.29, 1.82) is 0 Å². The molecule has 2 unspecified atom stereocenters. The van der Waals surface area contributed by atoms with Crippen molar-refractivity contribution in [1.82, 2.24) is 0 Å². The van der Waals surface area contributed by atoms with Gasteiger partial charge < -0.3 is 47.7 Å². The van der Waals surface area contributed by atoms with Crippen LogP contribution in [0.3, 0.4) is 0 Å². The molecule has 0 rings (SSSR count). The van der Waals surface area contributed by atoms with E-state index in [1.807, 2.05) is 0 Å². The molecule has 0 aromatic carbocycles. The molecule has 0 fully saturated rings. The molecule has 19 heteroatoms. The molecule has 0 aromatic rings. The highest BCUT2D eigenvalue weighted by molar-refractivity contribution is 7.47. The number of ether oxygens (including phenoxy) is 4. The van der Waals surface area contributed by atoms with E-state index in [2.05, 4.69) is 27.7 Å². The summed E-state index contributed by atoms with van der Waals surface area (Å²) in [6, 6.07) is 0. The second kappa shape index (κ2) is 45.9. The van der Waals surface area contributed by atoms with Crippen molar-refractivity contribution in [3.05, 3.63) is 13.8 Å². The predicted octanol–water partition coefficient (Wildman–Crippen LogP) is 12.1. The minimum atomic E-state index is -4.93. The van der Waals surface area contributed by atoms with Gasteiger partial charge in [0.1, 0.15) is 19.3 Å². The fourth-order valence-corrected chi connectivity index (χ4v) is 8.59. The summed E-state index contributed by atoms with van der Waals surface area (Å²) in [7, 11) is -9.85. The molecular formula is C50H94O17P2-2. The number of carbonyl (C=O) groups excluding carboxylic acids is 4. The van der Waals surface area contributed by atoms with Crippen molar-refractivity contribution in [2.24, 2.45) is 0 Å². The van der Waals surface area contributed by atoms with E-state index in [0.29, 0.717) is 25.7 Å². The highest BCUT2D eigenvalue weighted by Crippen LogP contribution is 2.45. The van der Waals surface area contributed by atoms with Crippen LogP contribution in [-0.2, 0) is 65.4 Å². The number of phosphoric ester groups is 2. The molecule has 0 saturated carbocycles. The number of rotatable bonds is 51. The molecular weight excluding hydrogens is 934 g/mol. The summed E-state index contributed by atoms with van der Waals surface area (Å²) >= 11 is 0. The summed E-state index contributed by atoms with van der Waals surface area (Å²) in [4.78, 5) is 70.8. The number of hydrogen-bond donors (Lipinski definition) is 3. The van der Waals surface area contributed by atoms with E-state index in [9.17, 15) is 43.2 Å². The van der Waals surface area contributed by atoms with E-state index >= 15 is 0 Å². The number of hydrogen-bond acceptors (Lipinski definition) is 15. The van der Waals surface area contributed by atoms with Gasteiger partial charge >= 0.3 is 39.5 Å². The standard InChI is InChI=1S/C50H94O17P2/c1-5-9-13-17-20-22-23-24-26-29-33-37-50(55)67-46(41-61-48(53)35-32-28-25-21-18-14-10-6-2)43-65-69(58,59)63-39-44(51)38-62-68(56,57)64-42-45(66-49(54)36-30-16-12-8-4)40-60-47(52)34-31-27-19-15-11-7-3/h44-46,51H,3-43H2,1-2H3,(H,56,57)(H,58,59)/q-2/t44-,45-,46-/m1/s1. The van der Waals surface area contributed by atoms with Gasteiger partial charge in [-0.3, -0.25) is 37.3 Å². The van der Waals surface area contributed by atoms with Crippen molar-refractivity contribution in [2.45, 2.75) is 244 Å². The second-order valence-corrected chi connectivity index (χ2v) is 20.8. The van der Waals surface area contributed by atoms with Gasteiger partial charge in [-0.1, -0.05) is 162 Å². The maximum Gasteiger partial charge on any atom is 0.472 e. The fourth-order valence-electron chi connectivity index (χ4n) is 7.01. The Kier molecular flexibility index (Phi) is 44.6. The van der Waals surface area contributed by atoms with Gasteiger partial charge in [0.15, 0.2) is 12.2 Å². The van der Waals surface area contributed by atoms with Gasteiger partial charge in [0.25, 0.3) is 0 Å². The van der Waals surface area contributed by atoms with Gasteiger partial charge in [-0.05, 0) is 25.7 Å². The highest BCUT2D eigenvalue weighted by atomic mass is 31.2. The van der Waals surface area contributed by atoms with Crippen LogP contribution < -0.4 is 0 Å². The lowest BCUT2D eigenvalue weighted by atomic mass is 10.1. The molecule has 0 heterocycles. The van der Waals surface area contributed by atoms with Gasteiger partial charge in [0, 0.05) is 25.7 Å². The average molecular weight is 1030 g/mol. The van der Waals surface area contributed by atoms with Crippen LogP contribution in [0.2, 0.25) is 0 Å². The van der Waals surface area contributed by atoms with E-state index in [4.69, 9.17) is 37.0 Å². The van der Waals surface area contributed by atoms with Crippen LogP contribution in [0.5, 0.6) is 0 Å². The predicted molar refractivity (Wildman–Crippen MR) is 266 cm³/mol. The van der Waals surface area contributed by atoms with Crippen LogP contribution in [0.15, 0.2) is 0 Å². The van der Waals surface area contributed by atoms with Crippen LogP contribution in [0.25, 0.3) is 0 Å². The molecule has 0 aliphatic carbocycles. The smallest absolute Gasteiger partial charge is 0.462 e. The van der Waals surface area contributed by atoms with Crippen LogP contribution in [0, 0.1) is 13.8 Å². The number of aliphatic hydroxyl groups excluding tert-OH is 1. The van der Waals surface area contributed by atoms with Gasteiger partial charge in [-0.25, -0.2) is 9.13 Å². The minimum Gasteiger partial charge on any atom is -0.462 e. The minimum absolute atomic E-state index is 0.0633. The molecule has 0 aromatic heterocycles. The first-order chi connectivity index (χ1) is 33.2. The molecule has 17 nitrogen and oxygen atoms in total.